The average Bonchev–Trinajstić information content (AvgIpc) is 2.52. The van der Waals surface area contributed by atoms with Gasteiger partial charge in [-0.2, -0.15) is 0 Å². The monoisotopic (exact) mass is 348 g/mol. The van der Waals surface area contributed by atoms with Crippen LogP contribution < -0.4 is 16.0 Å². The Morgan fingerprint density at radius 3 is 2.73 bits per heavy atom. The molecule has 0 aliphatic carbocycles. The molecule has 2 rings (SSSR count). The lowest BCUT2D eigenvalue weighted by Gasteiger charge is -2.22. The zero-order chi connectivity index (χ0) is 14.0. The number of carbonyl (C=O) groups excluding carboxylic acids is 1. The van der Waals surface area contributed by atoms with Crippen molar-refractivity contribution in [3.8, 4) is 0 Å². The first-order valence-electron chi connectivity index (χ1n) is 7.52. The fraction of sp³-hybridized carbons (Fsp3) is 0.600. The predicted molar refractivity (Wildman–Crippen MR) is 95.1 cm³/mol. The summed E-state index contributed by atoms with van der Waals surface area (Å²) in [6.45, 7) is 2.60. The summed E-state index contributed by atoms with van der Waals surface area (Å²) in [6.07, 6.45) is 7.09. The van der Waals surface area contributed by atoms with Gasteiger partial charge in [0.05, 0.1) is 6.04 Å². The number of rotatable bonds is 7. The number of hydrogen-bond acceptors (Lipinski definition) is 4. The van der Waals surface area contributed by atoms with Gasteiger partial charge in [0, 0.05) is 19.3 Å². The van der Waals surface area contributed by atoms with E-state index in [0.717, 1.165) is 51.1 Å². The van der Waals surface area contributed by atoms with Gasteiger partial charge in [-0.15, -0.1) is 24.8 Å². The third kappa shape index (κ3) is 7.82. The molecule has 0 radical (unpaired) electrons. The van der Waals surface area contributed by atoms with Crippen molar-refractivity contribution >= 4 is 36.5 Å². The Balaban J connectivity index is 0.00000220. The number of nitrogens with zero attached hydrogens (tertiary/aromatic N) is 1. The summed E-state index contributed by atoms with van der Waals surface area (Å²) in [6, 6.07) is 5.85. The summed E-state index contributed by atoms with van der Waals surface area (Å²) in [5.74, 6) is 1.06. The molecule has 22 heavy (non-hydrogen) atoms. The van der Waals surface area contributed by atoms with E-state index in [9.17, 15) is 4.79 Å². The van der Waals surface area contributed by atoms with Gasteiger partial charge in [0.15, 0.2) is 0 Å². The number of amides is 1. The second kappa shape index (κ2) is 12.5. The second-order valence-corrected chi connectivity index (χ2v) is 5.14. The molecule has 126 valence electrons. The van der Waals surface area contributed by atoms with Crippen LogP contribution in [-0.2, 0) is 4.79 Å². The Kier molecular flexibility index (Phi) is 11.9. The Morgan fingerprint density at radius 2 is 2.05 bits per heavy atom. The van der Waals surface area contributed by atoms with Gasteiger partial charge in [0.1, 0.15) is 5.82 Å². The van der Waals surface area contributed by atoms with Gasteiger partial charge in [0.2, 0.25) is 5.91 Å². The quantitative estimate of drug-likeness (QED) is 0.662. The maximum absolute atomic E-state index is 11.9. The van der Waals surface area contributed by atoms with E-state index in [1.165, 1.54) is 6.42 Å². The largest absolute Gasteiger partial charge is 0.370 e. The molecule has 1 aromatic rings. The van der Waals surface area contributed by atoms with E-state index in [1.807, 2.05) is 18.2 Å². The number of carbonyl (C=O) groups is 1. The molecule has 1 aromatic heterocycles. The van der Waals surface area contributed by atoms with Gasteiger partial charge in [-0.1, -0.05) is 12.5 Å². The summed E-state index contributed by atoms with van der Waals surface area (Å²) in [5.41, 5.74) is 0. The van der Waals surface area contributed by atoms with Crippen molar-refractivity contribution < 1.29 is 4.79 Å². The summed E-state index contributed by atoms with van der Waals surface area (Å²) in [5, 5.41) is 9.53. The molecule has 0 bridgehead atoms. The van der Waals surface area contributed by atoms with E-state index < -0.39 is 0 Å². The summed E-state index contributed by atoms with van der Waals surface area (Å²) in [4.78, 5) is 16.0. The van der Waals surface area contributed by atoms with Gasteiger partial charge in [0.25, 0.3) is 0 Å². The molecule has 1 amide bonds. The molecule has 3 N–H and O–H groups in total. The third-order valence-corrected chi connectivity index (χ3v) is 3.50. The maximum Gasteiger partial charge on any atom is 0.237 e. The van der Waals surface area contributed by atoms with Crippen LogP contribution in [0.15, 0.2) is 24.4 Å². The average molecular weight is 349 g/mol. The highest BCUT2D eigenvalue weighted by molar-refractivity contribution is 5.85. The summed E-state index contributed by atoms with van der Waals surface area (Å²) >= 11 is 0. The predicted octanol–water partition coefficient (Wildman–Crippen LogP) is 2.38. The van der Waals surface area contributed by atoms with Crippen LogP contribution in [0.5, 0.6) is 0 Å². The number of pyridine rings is 1. The van der Waals surface area contributed by atoms with Crippen molar-refractivity contribution in [1.82, 2.24) is 15.6 Å². The van der Waals surface area contributed by atoms with Crippen LogP contribution in [0.4, 0.5) is 5.82 Å². The van der Waals surface area contributed by atoms with E-state index in [-0.39, 0.29) is 36.8 Å². The first-order valence-corrected chi connectivity index (χ1v) is 7.52. The lowest BCUT2D eigenvalue weighted by molar-refractivity contribution is -0.123. The van der Waals surface area contributed by atoms with Gasteiger partial charge in [-0.3, -0.25) is 4.79 Å². The van der Waals surface area contributed by atoms with Crippen LogP contribution in [0.3, 0.4) is 0 Å². The molecule has 1 aliphatic heterocycles. The molecule has 0 unspecified atom stereocenters. The highest BCUT2D eigenvalue weighted by atomic mass is 35.5. The maximum atomic E-state index is 11.9. The lowest BCUT2D eigenvalue weighted by atomic mass is 10.0. The van der Waals surface area contributed by atoms with Crippen LogP contribution in [0, 0.1) is 0 Å². The SMILES string of the molecule is Cl.Cl.O=C(NCCCCNc1ccccn1)[C@H]1CCCCN1. The molecule has 1 atom stereocenters. The number of aromatic nitrogens is 1. The number of hydrogen-bond donors (Lipinski definition) is 3. The molecule has 1 saturated heterocycles. The van der Waals surface area contributed by atoms with E-state index in [1.54, 1.807) is 6.20 Å². The minimum atomic E-state index is 0. The van der Waals surface area contributed by atoms with E-state index >= 15 is 0 Å². The van der Waals surface area contributed by atoms with Crippen molar-refractivity contribution in [2.24, 2.45) is 0 Å². The highest BCUT2D eigenvalue weighted by Gasteiger charge is 2.19. The third-order valence-electron chi connectivity index (χ3n) is 3.50. The number of halogens is 2. The minimum Gasteiger partial charge on any atom is -0.370 e. The molecule has 0 saturated carbocycles. The van der Waals surface area contributed by atoms with Crippen LogP contribution in [-0.4, -0.2) is 36.6 Å². The van der Waals surface area contributed by atoms with Gasteiger partial charge in [-0.25, -0.2) is 4.98 Å². The van der Waals surface area contributed by atoms with Crippen molar-refractivity contribution in [2.75, 3.05) is 25.0 Å². The summed E-state index contributed by atoms with van der Waals surface area (Å²) < 4.78 is 0. The fourth-order valence-electron chi connectivity index (χ4n) is 2.34. The molecule has 1 aliphatic rings. The normalized spacial score (nSPS) is 16.8. The van der Waals surface area contributed by atoms with Gasteiger partial charge < -0.3 is 16.0 Å². The molecule has 1 fully saturated rings. The smallest absolute Gasteiger partial charge is 0.237 e. The Hall–Kier alpha value is -1.04. The van der Waals surface area contributed by atoms with Crippen molar-refractivity contribution in [2.45, 2.75) is 38.1 Å². The number of unbranched alkanes of at least 4 members (excludes halogenated alkanes) is 1. The van der Waals surface area contributed by atoms with Crippen LogP contribution in [0.1, 0.15) is 32.1 Å². The number of piperidine rings is 1. The van der Waals surface area contributed by atoms with E-state index in [0.29, 0.717) is 0 Å². The first kappa shape index (κ1) is 21.0. The zero-order valence-corrected chi connectivity index (χ0v) is 14.3. The van der Waals surface area contributed by atoms with Gasteiger partial charge >= 0.3 is 0 Å². The van der Waals surface area contributed by atoms with E-state index in [4.69, 9.17) is 0 Å². The topological polar surface area (TPSA) is 66.0 Å². The molecule has 2 heterocycles. The minimum absolute atomic E-state index is 0. The Labute approximate surface area is 144 Å². The zero-order valence-electron chi connectivity index (χ0n) is 12.7. The van der Waals surface area contributed by atoms with Gasteiger partial charge in [-0.05, 0) is 44.4 Å². The second-order valence-electron chi connectivity index (χ2n) is 5.14. The standard InChI is InChI=1S/C15H24N4O.2ClH/c20-15(13-7-1-3-9-16-13)19-12-6-5-11-18-14-8-2-4-10-17-14;;/h2,4,8,10,13,16H,1,3,5-7,9,11-12H2,(H,17,18)(H,19,20);2*1H/t13-;;/m1../s1. The lowest BCUT2D eigenvalue weighted by Crippen LogP contribution is -2.46. The molecule has 5 nitrogen and oxygen atoms in total. The van der Waals surface area contributed by atoms with Crippen LogP contribution in [0.25, 0.3) is 0 Å². The molecule has 7 heteroatoms. The Morgan fingerprint density at radius 1 is 1.23 bits per heavy atom. The van der Waals surface area contributed by atoms with E-state index in [2.05, 4.69) is 20.9 Å². The summed E-state index contributed by atoms with van der Waals surface area (Å²) in [7, 11) is 0. The highest BCUT2D eigenvalue weighted by Crippen LogP contribution is 2.06. The molecular weight excluding hydrogens is 323 g/mol. The molecule has 0 aromatic carbocycles. The van der Waals surface area contributed by atoms with Crippen molar-refractivity contribution in [3.63, 3.8) is 0 Å². The molecule has 0 spiro atoms. The number of anilines is 1. The first-order chi connectivity index (χ1) is 9.86. The van der Waals surface area contributed by atoms with Crippen molar-refractivity contribution in [1.29, 1.82) is 0 Å². The van der Waals surface area contributed by atoms with Crippen LogP contribution >= 0.6 is 24.8 Å². The number of nitrogens with one attached hydrogen (secondary N) is 3. The molecular formula is C15H26Cl2N4O. The van der Waals surface area contributed by atoms with Crippen molar-refractivity contribution in [3.05, 3.63) is 24.4 Å². The fourth-order valence-corrected chi connectivity index (χ4v) is 2.34. The Bertz CT molecular complexity index is 400. The van der Waals surface area contributed by atoms with Crippen LogP contribution in [0.2, 0.25) is 0 Å².